The van der Waals surface area contributed by atoms with Crippen molar-refractivity contribution in [2.24, 2.45) is 0 Å². The summed E-state index contributed by atoms with van der Waals surface area (Å²) in [5.74, 6) is -0.335. The zero-order valence-corrected chi connectivity index (χ0v) is 9.67. The van der Waals surface area contributed by atoms with Crippen LogP contribution in [0.3, 0.4) is 0 Å². The van der Waals surface area contributed by atoms with E-state index in [0.717, 1.165) is 0 Å². The molecule has 1 rings (SSSR count). The summed E-state index contributed by atoms with van der Waals surface area (Å²) in [5, 5.41) is 18.9. The van der Waals surface area contributed by atoms with Crippen molar-refractivity contribution < 1.29 is 14.6 Å². The lowest BCUT2D eigenvalue weighted by atomic mass is 10.1. The van der Waals surface area contributed by atoms with Crippen LogP contribution in [0.4, 0.5) is 4.39 Å². The van der Waals surface area contributed by atoms with E-state index in [1.807, 2.05) is 0 Å². The molecule has 0 aliphatic heterocycles. The molecule has 2 nitrogen and oxygen atoms in total. The number of thiol groups is 1. The molecular formula is C9H10BrFO2S. The zero-order valence-electron chi connectivity index (χ0n) is 7.19. The predicted octanol–water partition coefficient (Wildman–Crippen LogP) is 1.91. The van der Waals surface area contributed by atoms with E-state index in [4.69, 9.17) is 0 Å². The van der Waals surface area contributed by atoms with Crippen LogP contribution in [0.2, 0.25) is 0 Å². The molecule has 0 aromatic heterocycles. The molecule has 1 aromatic rings. The molecule has 0 aliphatic carbocycles. The van der Waals surface area contributed by atoms with Crippen molar-refractivity contribution in [3.05, 3.63) is 34.1 Å². The average molecular weight is 281 g/mol. The molecule has 2 N–H and O–H groups in total. The van der Waals surface area contributed by atoms with Crippen molar-refractivity contribution in [2.75, 3.05) is 5.75 Å². The first-order valence-electron chi connectivity index (χ1n) is 3.98. The fourth-order valence-corrected chi connectivity index (χ4v) is 1.73. The summed E-state index contributed by atoms with van der Waals surface area (Å²) < 4.78 is 13.4. The van der Waals surface area contributed by atoms with E-state index in [1.165, 1.54) is 18.2 Å². The van der Waals surface area contributed by atoms with Gasteiger partial charge in [-0.25, -0.2) is 4.39 Å². The van der Waals surface area contributed by atoms with Crippen molar-refractivity contribution in [1.29, 1.82) is 0 Å². The van der Waals surface area contributed by atoms with Gasteiger partial charge in [-0.2, -0.15) is 12.6 Å². The van der Waals surface area contributed by atoms with Crippen LogP contribution >= 0.6 is 28.6 Å². The van der Waals surface area contributed by atoms with Crippen molar-refractivity contribution in [1.82, 2.24) is 0 Å². The quantitative estimate of drug-likeness (QED) is 0.741. The van der Waals surface area contributed by atoms with Gasteiger partial charge in [-0.15, -0.1) is 0 Å². The van der Waals surface area contributed by atoms with Crippen LogP contribution in [-0.4, -0.2) is 22.1 Å². The lowest BCUT2D eigenvalue weighted by Crippen LogP contribution is -2.20. The van der Waals surface area contributed by atoms with E-state index < -0.39 is 18.0 Å². The molecule has 0 bridgehead atoms. The molecule has 0 heterocycles. The second-order valence-corrected chi connectivity index (χ2v) is 4.08. The summed E-state index contributed by atoms with van der Waals surface area (Å²) in [6.07, 6.45) is -2.13. The van der Waals surface area contributed by atoms with Gasteiger partial charge in [0.1, 0.15) is 11.9 Å². The van der Waals surface area contributed by atoms with Crippen molar-refractivity contribution >= 4 is 28.6 Å². The molecule has 0 spiro atoms. The van der Waals surface area contributed by atoms with Gasteiger partial charge in [0.2, 0.25) is 0 Å². The summed E-state index contributed by atoms with van der Waals surface area (Å²) in [6.45, 7) is 0. The van der Waals surface area contributed by atoms with Gasteiger partial charge in [0.05, 0.1) is 6.10 Å². The molecule has 0 aliphatic rings. The molecule has 14 heavy (non-hydrogen) atoms. The molecule has 78 valence electrons. The summed E-state index contributed by atoms with van der Waals surface area (Å²) in [6, 6.07) is 3.94. The fourth-order valence-electron chi connectivity index (χ4n) is 1.05. The standard InChI is InChI=1S/C9H10BrFO2S/c10-7-2-1-5(11)3-6(7)9(13)8(12)4-14/h1-3,8-9,12-14H,4H2. The number of aliphatic hydroxyl groups excluding tert-OH is 2. The van der Waals surface area contributed by atoms with Gasteiger partial charge < -0.3 is 10.2 Å². The van der Waals surface area contributed by atoms with Gasteiger partial charge in [-0.1, -0.05) is 15.9 Å². The average Bonchev–Trinajstić information content (AvgIpc) is 2.19. The first-order valence-corrected chi connectivity index (χ1v) is 5.40. The van der Waals surface area contributed by atoms with Crippen LogP contribution in [0.15, 0.2) is 22.7 Å². The van der Waals surface area contributed by atoms with Crippen LogP contribution < -0.4 is 0 Å². The largest absolute Gasteiger partial charge is 0.389 e. The molecule has 5 heteroatoms. The minimum Gasteiger partial charge on any atom is -0.389 e. The number of benzene rings is 1. The number of hydrogen-bond acceptors (Lipinski definition) is 3. The van der Waals surface area contributed by atoms with Gasteiger partial charge in [-0.3, -0.25) is 0 Å². The Morgan fingerprint density at radius 2 is 2.07 bits per heavy atom. The molecular weight excluding hydrogens is 271 g/mol. The molecule has 2 unspecified atom stereocenters. The third-order valence-electron chi connectivity index (χ3n) is 1.83. The normalized spacial score (nSPS) is 15.2. The monoisotopic (exact) mass is 280 g/mol. The molecule has 0 saturated carbocycles. The maximum Gasteiger partial charge on any atom is 0.123 e. The summed E-state index contributed by atoms with van der Waals surface area (Å²) in [4.78, 5) is 0. The van der Waals surface area contributed by atoms with Crippen molar-refractivity contribution in [3.8, 4) is 0 Å². The van der Waals surface area contributed by atoms with Crippen LogP contribution in [-0.2, 0) is 0 Å². The molecule has 1 aromatic carbocycles. The molecule has 2 atom stereocenters. The number of rotatable bonds is 3. The van der Waals surface area contributed by atoms with Crippen molar-refractivity contribution in [2.45, 2.75) is 12.2 Å². The van der Waals surface area contributed by atoms with E-state index >= 15 is 0 Å². The summed E-state index contributed by atoms with van der Waals surface area (Å²) >= 11 is 7.01. The lowest BCUT2D eigenvalue weighted by Gasteiger charge is -2.17. The van der Waals surface area contributed by atoms with Crippen molar-refractivity contribution in [3.63, 3.8) is 0 Å². The highest BCUT2D eigenvalue weighted by molar-refractivity contribution is 9.10. The first kappa shape index (κ1) is 12.0. The molecule has 0 fully saturated rings. The maximum atomic E-state index is 12.8. The Balaban J connectivity index is 2.99. The van der Waals surface area contributed by atoms with E-state index in [9.17, 15) is 14.6 Å². The van der Waals surface area contributed by atoms with Crippen LogP contribution in [0.25, 0.3) is 0 Å². The highest BCUT2D eigenvalue weighted by Crippen LogP contribution is 2.26. The van der Waals surface area contributed by atoms with Gasteiger partial charge in [0.25, 0.3) is 0 Å². The second kappa shape index (κ2) is 5.11. The maximum absolute atomic E-state index is 12.8. The minimum absolute atomic E-state index is 0.115. The highest BCUT2D eigenvalue weighted by Gasteiger charge is 2.19. The Morgan fingerprint density at radius 3 is 2.64 bits per heavy atom. The molecule has 0 amide bonds. The summed E-state index contributed by atoms with van der Waals surface area (Å²) in [5.41, 5.74) is 0.326. The van der Waals surface area contributed by atoms with E-state index in [-0.39, 0.29) is 5.75 Å². The first-order chi connectivity index (χ1) is 6.56. The Morgan fingerprint density at radius 1 is 1.43 bits per heavy atom. The van der Waals surface area contributed by atoms with E-state index in [0.29, 0.717) is 10.0 Å². The number of hydrogen-bond donors (Lipinski definition) is 3. The van der Waals surface area contributed by atoms with Gasteiger partial charge in [0, 0.05) is 15.8 Å². The van der Waals surface area contributed by atoms with Crippen LogP contribution in [0.5, 0.6) is 0 Å². The topological polar surface area (TPSA) is 40.5 Å². The predicted molar refractivity (Wildman–Crippen MR) is 58.9 cm³/mol. The lowest BCUT2D eigenvalue weighted by molar-refractivity contribution is 0.0331. The third-order valence-corrected chi connectivity index (χ3v) is 2.92. The second-order valence-electron chi connectivity index (χ2n) is 2.86. The Labute approximate surface area is 95.3 Å². The van der Waals surface area contributed by atoms with Crippen LogP contribution in [0, 0.1) is 5.82 Å². The smallest absolute Gasteiger partial charge is 0.123 e. The van der Waals surface area contributed by atoms with E-state index in [2.05, 4.69) is 28.6 Å². The van der Waals surface area contributed by atoms with E-state index in [1.54, 1.807) is 0 Å². The van der Waals surface area contributed by atoms with Gasteiger partial charge in [-0.05, 0) is 18.2 Å². The number of halogens is 2. The Hall–Kier alpha value is -0.100. The molecule has 0 saturated heterocycles. The fraction of sp³-hybridized carbons (Fsp3) is 0.333. The Kier molecular flexibility index (Phi) is 4.37. The van der Waals surface area contributed by atoms with Gasteiger partial charge >= 0.3 is 0 Å². The van der Waals surface area contributed by atoms with Crippen LogP contribution in [0.1, 0.15) is 11.7 Å². The van der Waals surface area contributed by atoms with Gasteiger partial charge in [0.15, 0.2) is 0 Å². The zero-order chi connectivity index (χ0) is 10.7. The SMILES string of the molecule is OC(CS)C(O)c1cc(F)ccc1Br. The highest BCUT2D eigenvalue weighted by atomic mass is 79.9. The minimum atomic E-state index is -1.13. The third kappa shape index (κ3) is 2.70. The molecule has 0 radical (unpaired) electrons. The Bertz CT molecular complexity index is 322. The summed E-state index contributed by atoms with van der Waals surface area (Å²) in [7, 11) is 0. The number of aliphatic hydroxyl groups is 2.